The molecular weight excluding hydrogens is 282 g/mol. The molecule has 112 valence electrons. The molecule has 1 aliphatic heterocycles. The molecule has 2 heterocycles. The number of carboxylic acid groups (broad SMARTS) is 1. The second-order valence-corrected chi connectivity index (χ2v) is 7.18. The molecule has 1 fully saturated rings. The lowest BCUT2D eigenvalue weighted by Crippen LogP contribution is -2.42. The van der Waals surface area contributed by atoms with E-state index in [0.717, 1.165) is 0 Å². The molecule has 1 aromatic rings. The Balaban J connectivity index is 2.22. The van der Waals surface area contributed by atoms with Crippen molar-refractivity contribution in [3.05, 3.63) is 12.5 Å². The van der Waals surface area contributed by atoms with Crippen molar-refractivity contribution in [2.24, 2.45) is 5.92 Å². The van der Waals surface area contributed by atoms with Gasteiger partial charge in [0, 0.05) is 25.3 Å². The van der Waals surface area contributed by atoms with E-state index in [1.165, 1.54) is 16.8 Å². The zero-order chi connectivity index (χ0) is 14.9. The van der Waals surface area contributed by atoms with Crippen LogP contribution >= 0.6 is 0 Å². The Morgan fingerprint density at radius 3 is 2.75 bits per heavy atom. The quantitative estimate of drug-likeness (QED) is 0.893. The number of imidazole rings is 1. The summed E-state index contributed by atoms with van der Waals surface area (Å²) in [4.78, 5) is 15.0. The van der Waals surface area contributed by atoms with Crippen LogP contribution in [0.4, 0.5) is 0 Å². The van der Waals surface area contributed by atoms with Gasteiger partial charge in [0.25, 0.3) is 10.0 Å². The van der Waals surface area contributed by atoms with Crippen molar-refractivity contribution >= 4 is 16.0 Å². The monoisotopic (exact) mass is 301 g/mol. The molecule has 0 aliphatic carbocycles. The molecule has 0 aromatic carbocycles. The fraction of sp³-hybridized carbons (Fsp3) is 0.667. The van der Waals surface area contributed by atoms with Gasteiger partial charge < -0.3 is 9.67 Å². The number of sulfonamides is 1. The Morgan fingerprint density at radius 2 is 2.20 bits per heavy atom. The van der Waals surface area contributed by atoms with Crippen molar-refractivity contribution in [3.63, 3.8) is 0 Å². The molecule has 1 saturated heterocycles. The van der Waals surface area contributed by atoms with Gasteiger partial charge in [-0.05, 0) is 26.7 Å². The molecule has 0 saturated carbocycles. The maximum Gasteiger partial charge on any atom is 0.307 e. The minimum Gasteiger partial charge on any atom is -0.481 e. The highest BCUT2D eigenvalue weighted by Gasteiger charge is 2.34. The molecule has 1 unspecified atom stereocenters. The minimum atomic E-state index is -3.70. The van der Waals surface area contributed by atoms with Crippen LogP contribution in [0.3, 0.4) is 0 Å². The van der Waals surface area contributed by atoms with Crippen LogP contribution in [0.1, 0.15) is 32.7 Å². The highest BCUT2D eigenvalue weighted by atomic mass is 32.2. The number of aromatic nitrogens is 2. The largest absolute Gasteiger partial charge is 0.481 e. The fourth-order valence-electron chi connectivity index (χ4n) is 2.23. The molecule has 1 atom stereocenters. The van der Waals surface area contributed by atoms with E-state index >= 15 is 0 Å². The Hall–Kier alpha value is -1.41. The highest BCUT2D eigenvalue weighted by Crippen LogP contribution is 2.23. The predicted molar refractivity (Wildman–Crippen MR) is 71.7 cm³/mol. The van der Waals surface area contributed by atoms with Crippen LogP contribution in [0.25, 0.3) is 0 Å². The molecule has 0 radical (unpaired) electrons. The first-order chi connectivity index (χ1) is 9.32. The summed E-state index contributed by atoms with van der Waals surface area (Å²) in [6, 6.07) is 0.125. The van der Waals surface area contributed by atoms with Gasteiger partial charge in [0.05, 0.1) is 12.2 Å². The first kappa shape index (κ1) is 15.0. The number of aliphatic carboxylic acids is 1. The number of carbonyl (C=O) groups is 1. The molecule has 1 aromatic heterocycles. The number of nitrogens with zero attached hydrogens (tertiary/aromatic N) is 3. The molecule has 1 aliphatic rings. The van der Waals surface area contributed by atoms with E-state index < -0.39 is 21.9 Å². The van der Waals surface area contributed by atoms with Gasteiger partial charge in [0.2, 0.25) is 0 Å². The Labute approximate surface area is 118 Å². The number of carboxylic acids is 1. The van der Waals surface area contributed by atoms with Crippen LogP contribution in [-0.2, 0) is 14.8 Å². The van der Waals surface area contributed by atoms with E-state index in [-0.39, 0.29) is 17.6 Å². The Morgan fingerprint density at radius 1 is 1.50 bits per heavy atom. The lowest BCUT2D eigenvalue weighted by Gasteiger charge is -2.29. The number of hydrogen-bond donors (Lipinski definition) is 1. The standard InChI is InChI=1S/C12H19N3O4S/c1-9(2)14-7-11(13-8-14)20(18,19)15-5-3-4-10(6-15)12(16)17/h7-10H,3-6H2,1-2H3,(H,16,17). The summed E-state index contributed by atoms with van der Waals surface area (Å²) in [6.45, 7) is 4.23. The molecule has 0 bridgehead atoms. The van der Waals surface area contributed by atoms with Crippen molar-refractivity contribution in [1.29, 1.82) is 0 Å². The Bertz CT molecular complexity index is 594. The molecule has 2 rings (SSSR count). The maximum absolute atomic E-state index is 12.4. The van der Waals surface area contributed by atoms with Crippen molar-refractivity contribution in [3.8, 4) is 0 Å². The first-order valence-corrected chi connectivity index (χ1v) is 8.03. The van der Waals surface area contributed by atoms with Gasteiger partial charge in [-0.25, -0.2) is 13.4 Å². The summed E-state index contributed by atoms with van der Waals surface area (Å²) in [7, 11) is -3.70. The average Bonchev–Trinajstić information content (AvgIpc) is 2.89. The van der Waals surface area contributed by atoms with E-state index in [1.807, 2.05) is 13.8 Å². The van der Waals surface area contributed by atoms with Crippen LogP contribution in [0.15, 0.2) is 17.6 Å². The lowest BCUT2D eigenvalue weighted by molar-refractivity contribution is -0.142. The first-order valence-electron chi connectivity index (χ1n) is 6.59. The average molecular weight is 301 g/mol. The van der Waals surface area contributed by atoms with E-state index in [4.69, 9.17) is 5.11 Å². The normalized spacial score (nSPS) is 21.2. The topological polar surface area (TPSA) is 92.5 Å². The third-order valence-corrected chi connectivity index (χ3v) is 5.26. The predicted octanol–water partition coefficient (Wildman–Crippen LogP) is 0.949. The van der Waals surface area contributed by atoms with Crippen molar-refractivity contribution in [2.75, 3.05) is 13.1 Å². The molecule has 0 amide bonds. The summed E-state index contributed by atoms with van der Waals surface area (Å²) in [6.07, 6.45) is 4.05. The third-order valence-electron chi connectivity index (χ3n) is 3.51. The molecule has 8 heteroatoms. The van der Waals surface area contributed by atoms with Crippen LogP contribution in [-0.4, -0.2) is 46.4 Å². The summed E-state index contributed by atoms with van der Waals surface area (Å²) >= 11 is 0. The maximum atomic E-state index is 12.4. The number of hydrogen-bond acceptors (Lipinski definition) is 4. The number of rotatable bonds is 4. The van der Waals surface area contributed by atoms with Gasteiger partial charge in [0.15, 0.2) is 5.03 Å². The SMILES string of the molecule is CC(C)n1cnc(S(=O)(=O)N2CCCC(C(=O)O)C2)c1. The summed E-state index contributed by atoms with van der Waals surface area (Å²) in [5.74, 6) is -1.58. The summed E-state index contributed by atoms with van der Waals surface area (Å²) < 4.78 is 27.8. The van der Waals surface area contributed by atoms with E-state index in [1.54, 1.807) is 4.57 Å². The summed E-state index contributed by atoms with van der Waals surface area (Å²) in [5.41, 5.74) is 0. The van der Waals surface area contributed by atoms with Crippen LogP contribution < -0.4 is 0 Å². The van der Waals surface area contributed by atoms with Crippen molar-refractivity contribution < 1.29 is 18.3 Å². The van der Waals surface area contributed by atoms with Crippen LogP contribution in [0.5, 0.6) is 0 Å². The van der Waals surface area contributed by atoms with Crippen LogP contribution in [0, 0.1) is 5.92 Å². The Kier molecular flexibility index (Phi) is 4.14. The van der Waals surface area contributed by atoms with Gasteiger partial charge in [0.1, 0.15) is 0 Å². The summed E-state index contributed by atoms with van der Waals surface area (Å²) in [5, 5.41) is 9.01. The molecule has 7 nitrogen and oxygen atoms in total. The lowest BCUT2D eigenvalue weighted by atomic mass is 10.0. The van der Waals surface area contributed by atoms with E-state index in [2.05, 4.69) is 4.98 Å². The van der Waals surface area contributed by atoms with Gasteiger partial charge in [-0.15, -0.1) is 0 Å². The second kappa shape index (κ2) is 5.53. The third kappa shape index (κ3) is 2.85. The van der Waals surface area contributed by atoms with Gasteiger partial charge in [-0.1, -0.05) is 0 Å². The van der Waals surface area contributed by atoms with Gasteiger partial charge >= 0.3 is 5.97 Å². The second-order valence-electron chi connectivity index (χ2n) is 5.29. The van der Waals surface area contributed by atoms with E-state index in [9.17, 15) is 13.2 Å². The smallest absolute Gasteiger partial charge is 0.307 e. The zero-order valence-electron chi connectivity index (χ0n) is 11.6. The molecule has 20 heavy (non-hydrogen) atoms. The van der Waals surface area contributed by atoms with E-state index in [0.29, 0.717) is 19.4 Å². The minimum absolute atomic E-state index is 0.0164. The molecule has 0 spiro atoms. The molecular formula is C12H19N3O4S. The fourth-order valence-corrected chi connectivity index (χ4v) is 3.67. The van der Waals surface area contributed by atoms with Crippen molar-refractivity contribution in [2.45, 2.75) is 37.8 Å². The van der Waals surface area contributed by atoms with Gasteiger partial charge in [-0.2, -0.15) is 4.31 Å². The van der Waals surface area contributed by atoms with Crippen molar-refractivity contribution in [1.82, 2.24) is 13.9 Å². The highest BCUT2D eigenvalue weighted by molar-refractivity contribution is 7.89. The van der Waals surface area contributed by atoms with Gasteiger partial charge in [-0.3, -0.25) is 4.79 Å². The number of piperidine rings is 1. The zero-order valence-corrected chi connectivity index (χ0v) is 12.4. The van der Waals surface area contributed by atoms with Crippen LogP contribution in [0.2, 0.25) is 0 Å². The molecule has 1 N–H and O–H groups in total.